The first-order valence-corrected chi connectivity index (χ1v) is 13.5. The Kier molecular flexibility index (Phi) is 21.8. The van der Waals surface area contributed by atoms with E-state index in [9.17, 15) is 8.78 Å². The molecule has 0 aliphatic carbocycles. The molecule has 1 aliphatic rings. The van der Waals surface area contributed by atoms with Crippen LogP contribution in [0, 0.1) is 31.4 Å². The molecule has 7 N–H and O–H groups in total. The van der Waals surface area contributed by atoms with Crippen molar-refractivity contribution in [2.24, 2.45) is 11.5 Å². The Morgan fingerprint density at radius 1 is 1.10 bits per heavy atom. The van der Waals surface area contributed by atoms with Gasteiger partial charge in [0.2, 0.25) is 0 Å². The van der Waals surface area contributed by atoms with Crippen LogP contribution in [0.3, 0.4) is 0 Å². The molecule has 2 aromatic carbocycles. The van der Waals surface area contributed by atoms with E-state index in [1.165, 1.54) is 36.5 Å². The van der Waals surface area contributed by atoms with Gasteiger partial charge in [0.1, 0.15) is 17.9 Å². The number of terminal acetylenes is 1. The number of benzene rings is 2. The van der Waals surface area contributed by atoms with Crippen molar-refractivity contribution in [2.75, 3.05) is 45.7 Å². The number of nitrogens with zero attached hydrogens (tertiary/aromatic N) is 1. The monoisotopic (exact) mass is 585 g/mol. The van der Waals surface area contributed by atoms with Gasteiger partial charge < -0.3 is 36.7 Å². The van der Waals surface area contributed by atoms with E-state index in [1.807, 2.05) is 12.1 Å². The maximum Gasteiger partial charge on any atom is 0.146 e. The largest absolute Gasteiger partial charge is 0.395 e. The van der Waals surface area contributed by atoms with Gasteiger partial charge in [0.15, 0.2) is 0 Å². The number of nitrogens with one attached hydrogen (secondary N) is 2. The van der Waals surface area contributed by atoms with Crippen molar-refractivity contribution in [1.82, 2.24) is 10.3 Å². The molecular formula is C32H45F2N5O3. The molecule has 0 radical (unpaired) electrons. The zero-order chi connectivity index (χ0) is 31.8. The summed E-state index contributed by atoms with van der Waals surface area (Å²) < 4.78 is 32.0. The van der Waals surface area contributed by atoms with Crippen molar-refractivity contribution >= 4 is 12.0 Å². The Morgan fingerprint density at radius 2 is 1.67 bits per heavy atom. The number of aromatic nitrogens is 1. The molecule has 0 saturated carbocycles. The van der Waals surface area contributed by atoms with Gasteiger partial charge in [-0.15, -0.1) is 12.8 Å². The van der Waals surface area contributed by atoms with Crippen molar-refractivity contribution in [1.29, 1.82) is 0 Å². The summed E-state index contributed by atoms with van der Waals surface area (Å²) in [6.45, 7) is 3.48. The van der Waals surface area contributed by atoms with E-state index in [0.717, 1.165) is 24.1 Å². The summed E-state index contributed by atoms with van der Waals surface area (Å²) in [5.74, 6) is -0.466. The minimum Gasteiger partial charge on any atom is -0.395 e. The molecule has 0 amide bonds. The first kappa shape index (κ1) is 38.3. The van der Waals surface area contributed by atoms with Crippen LogP contribution in [0.4, 0.5) is 14.5 Å². The molecule has 0 spiro atoms. The maximum absolute atomic E-state index is 13.7. The predicted octanol–water partition coefficient (Wildman–Crippen LogP) is 3.24. The molecule has 1 aliphatic heterocycles. The number of hydrogen-bond donors (Lipinski definition) is 5. The van der Waals surface area contributed by atoms with Crippen molar-refractivity contribution in [3.8, 4) is 12.8 Å². The fourth-order valence-corrected chi connectivity index (χ4v) is 3.75. The normalized spacial score (nSPS) is 15.0. The number of aryl methyl sites for hydroxylation is 1. The Bertz CT molecular complexity index is 1080. The topological polar surface area (TPSA) is 136 Å². The number of nitrogens with two attached hydrogens (primary N) is 2. The SMILES string of the molecule is C#C.CN.CNc1cncc(F)c1CC[C@@H]1CN[C@H](CO)CO1.Cc1ccc(Cc2ccc(F)cc2)cc1.NCC=O. The number of rotatable bonds is 8. The van der Waals surface area contributed by atoms with Crippen LogP contribution in [0.5, 0.6) is 0 Å². The van der Waals surface area contributed by atoms with Gasteiger partial charge in [0, 0.05) is 25.7 Å². The molecule has 2 heterocycles. The van der Waals surface area contributed by atoms with Gasteiger partial charge in [-0.25, -0.2) is 8.78 Å². The highest BCUT2D eigenvalue weighted by molar-refractivity contribution is 5.51. The van der Waals surface area contributed by atoms with Crippen LogP contribution in [-0.4, -0.2) is 68.9 Å². The van der Waals surface area contributed by atoms with Crippen LogP contribution in [0.2, 0.25) is 0 Å². The number of halogens is 2. The van der Waals surface area contributed by atoms with Crippen molar-refractivity contribution < 1.29 is 23.4 Å². The van der Waals surface area contributed by atoms with E-state index in [-0.39, 0.29) is 36.9 Å². The molecule has 3 aromatic rings. The van der Waals surface area contributed by atoms with Gasteiger partial charge in [-0.3, -0.25) is 4.98 Å². The Morgan fingerprint density at radius 3 is 2.14 bits per heavy atom. The summed E-state index contributed by atoms with van der Waals surface area (Å²) in [5.41, 5.74) is 14.2. The molecule has 0 bridgehead atoms. The molecule has 4 rings (SSSR count). The van der Waals surface area contributed by atoms with E-state index in [2.05, 4.69) is 71.1 Å². The summed E-state index contributed by atoms with van der Waals surface area (Å²) in [7, 11) is 3.25. The van der Waals surface area contributed by atoms with Crippen LogP contribution < -0.4 is 22.1 Å². The second-order valence-electron chi connectivity index (χ2n) is 8.87. The zero-order valence-electron chi connectivity index (χ0n) is 24.7. The molecule has 1 fully saturated rings. The number of morpholine rings is 1. The highest BCUT2D eigenvalue weighted by atomic mass is 19.1. The van der Waals surface area contributed by atoms with Gasteiger partial charge >= 0.3 is 0 Å². The highest BCUT2D eigenvalue weighted by Gasteiger charge is 2.21. The number of aliphatic hydroxyl groups is 1. The number of pyridine rings is 1. The second kappa shape index (κ2) is 23.9. The number of hydrogen-bond acceptors (Lipinski definition) is 8. The summed E-state index contributed by atoms with van der Waals surface area (Å²) in [6.07, 6.45) is 13.8. The zero-order valence-corrected chi connectivity index (χ0v) is 24.7. The molecule has 230 valence electrons. The Hall–Kier alpha value is -3.72. The number of carbonyl (C=O) groups is 1. The van der Waals surface area contributed by atoms with E-state index in [1.54, 1.807) is 13.2 Å². The van der Waals surface area contributed by atoms with Crippen LogP contribution in [0.1, 0.15) is 28.7 Å². The lowest BCUT2D eigenvalue weighted by molar-refractivity contribution is -0.106. The standard InChI is InChI=1S/C14H13F.C13H20FN3O2.C2H5NO.C2H2.CH5N/c1-11-2-4-12(5-3-11)10-13-6-8-14(15)9-7-13;1-15-13-6-16-5-12(14)11(13)3-2-10-4-17-9(7-18)8-19-10;3-1-2-4;2*1-2/h2-9H,10H2,1H3;5-6,9-10,15,17-18H,2-4,7-8H2,1H3;2H,1,3H2;1-2H;2H2,1H3/t;9-,10-;;;/m.1.../s1. The molecule has 2 atom stereocenters. The number of aldehydes is 1. The summed E-state index contributed by atoms with van der Waals surface area (Å²) in [5, 5.41) is 15.1. The lowest BCUT2D eigenvalue weighted by Crippen LogP contribution is -2.48. The van der Waals surface area contributed by atoms with Gasteiger partial charge in [0.05, 0.1) is 43.4 Å². The van der Waals surface area contributed by atoms with E-state index in [4.69, 9.17) is 14.6 Å². The molecule has 42 heavy (non-hydrogen) atoms. The third kappa shape index (κ3) is 15.3. The van der Waals surface area contributed by atoms with E-state index in [0.29, 0.717) is 31.4 Å². The highest BCUT2D eigenvalue weighted by Crippen LogP contribution is 2.20. The first-order valence-electron chi connectivity index (χ1n) is 13.5. The number of anilines is 1. The Labute approximate surface area is 248 Å². The third-order valence-electron chi connectivity index (χ3n) is 5.92. The predicted molar refractivity (Wildman–Crippen MR) is 166 cm³/mol. The molecule has 8 nitrogen and oxygen atoms in total. The number of aliphatic hydroxyl groups excluding tert-OH is 1. The van der Waals surface area contributed by atoms with Gasteiger partial charge in [-0.05, 0) is 56.5 Å². The molecular weight excluding hydrogens is 540 g/mol. The number of ether oxygens (including phenoxy) is 1. The molecule has 1 aromatic heterocycles. The van der Waals surface area contributed by atoms with Crippen LogP contribution in [-0.2, 0) is 22.4 Å². The molecule has 1 saturated heterocycles. The van der Waals surface area contributed by atoms with Crippen LogP contribution >= 0.6 is 0 Å². The minimum absolute atomic E-state index is 0.0155. The van der Waals surface area contributed by atoms with E-state index >= 15 is 0 Å². The van der Waals surface area contributed by atoms with Gasteiger partial charge in [0.25, 0.3) is 0 Å². The average Bonchev–Trinajstić information content (AvgIpc) is 3.05. The van der Waals surface area contributed by atoms with Gasteiger partial charge in [-0.2, -0.15) is 0 Å². The Balaban J connectivity index is 0.000000652. The second-order valence-corrected chi connectivity index (χ2v) is 8.87. The lowest BCUT2D eigenvalue weighted by atomic mass is 10.0. The fourth-order valence-electron chi connectivity index (χ4n) is 3.75. The first-order chi connectivity index (χ1) is 20.4. The molecule has 10 heteroatoms. The van der Waals surface area contributed by atoms with Crippen molar-refractivity contribution in [3.05, 3.63) is 94.8 Å². The van der Waals surface area contributed by atoms with Crippen molar-refractivity contribution in [3.63, 3.8) is 0 Å². The van der Waals surface area contributed by atoms with Gasteiger partial charge in [-0.1, -0.05) is 42.0 Å². The third-order valence-corrected chi connectivity index (χ3v) is 5.92. The fraction of sp³-hybridized carbons (Fsp3) is 0.375. The summed E-state index contributed by atoms with van der Waals surface area (Å²) >= 11 is 0. The van der Waals surface area contributed by atoms with Crippen LogP contribution in [0.15, 0.2) is 60.9 Å². The number of carbonyl (C=O) groups excluding carboxylic acids is 1. The van der Waals surface area contributed by atoms with Crippen molar-refractivity contribution in [2.45, 2.75) is 38.3 Å². The average molecular weight is 586 g/mol. The van der Waals surface area contributed by atoms with Crippen LogP contribution in [0.25, 0.3) is 0 Å². The smallest absolute Gasteiger partial charge is 0.146 e. The maximum atomic E-state index is 13.7. The summed E-state index contributed by atoms with van der Waals surface area (Å²) in [6, 6.07) is 15.1. The summed E-state index contributed by atoms with van der Waals surface area (Å²) in [4.78, 5) is 12.9. The molecule has 0 unspecified atom stereocenters. The van der Waals surface area contributed by atoms with E-state index < -0.39 is 0 Å². The minimum atomic E-state index is -0.288. The quantitative estimate of drug-likeness (QED) is 0.201. The lowest BCUT2D eigenvalue weighted by Gasteiger charge is -2.29.